The molecule has 0 aromatic carbocycles. The fourth-order valence-corrected chi connectivity index (χ4v) is 5.73. The lowest BCUT2D eigenvalue weighted by molar-refractivity contribution is -0.727. The Morgan fingerprint density at radius 2 is 0.971 bits per heavy atom. The molecule has 1 aromatic rings. The second-order valence-corrected chi connectivity index (χ2v) is 11.5. The molecule has 0 saturated carbocycles. The van der Waals surface area contributed by atoms with E-state index in [2.05, 4.69) is 49.6 Å². The number of aromatic nitrogens is 2. The summed E-state index contributed by atoms with van der Waals surface area (Å²) in [5, 5.41) is 0. The van der Waals surface area contributed by atoms with E-state index in [-0.39, 0.29) is 0 Å². The van der Waals surface area contributed by atoms with Crippen molar-refractivity contribution < 1.29 is 4.57 Å². The Kier molecular flexibility index (Phi) is 21.7. The third kappa shape index (κ3) is 16.6. The summed E-state index contributed by atoms with van der Waals surface area (Å²) in [7, 11) is 0. The largest absolute Gasteiger partial charge is 0.257 e. The van der Waals surface area contributed by atoms with Crippen LogP contribution in [0.2, 0.25) is 0 Å². The van der Waals surface area contributed by atoms with Crippen LogP contribution in [0.5, 0.6) is 0 Å². The van der Waals surface area contributed by atoms with Crippen LogP contribution in [-0.2, 0) is 0 Å². The molecular weight excluding hydrogens is 424 g/mol. The van der Waals surface area contributed by atoms with Crippen LogP contribution in [0.15, 0.2) is 12.4 Å². The van der Waals surface area contributed by atoms with Gasteiger partial charge in [0.15, 0.2) is 0 Å². The van der Waals surface area contributed by atoms with E-state index in [9.17, 15) is 0 Å². The molecule has 0 radical (unpaired) electrons. The summed E-state index contributed by atoms with van der Waals surface area (Å²) in [6.45, 7) is 9.41. The van der Waals surface area contributed by atoms with E-state index in [1.54, 1.807) is 0 Å². The molecule has 2 heteroatoms. The molecule has 2 atom stereocenters. The number of H-pyrrole nitrogens is 1. The summed E-state index contributed by atoms with van der Waals surface area (Å²) in [5.74, 6) is 2.18. The van der Waals surface area contributed by atoms with Crippen molar-refractivity contribution in [1.29, 1.82) is 0 Å². The number of aromatic amines is 1. The number of imidazole rings is 1. The maximum Gasteiger partial charge on any atom is 0.257 e. The molecule has 206 valence electrons. The molecule has 2 unspecified atom stereocenters. The SMILES string of the molecule is CCCCCCCCCCCCCCCCC(C)[n+]1cc[nH]c1C(CC)CCCCCCCCC. The van der Waals surface area contributed by atoms with Crippen molar-refractivity contribution in [3.63, 3.8) is 0 Å². The lowest BCUT2D eigenvalue weighted by Crippen LogP contribution is -2.41. The molecule has 0 bridgehead atoms. The average Bonchev–Trinajstić information content (AvgIpc) is 3.36. The first kappa shape index (κ1) is 32.2. The minimum Gasteiger partial charge on any atom is -0.247 e. The fourth-order valence-electron chi connectivity index (χ4n) is 5.73. The van der Waals surface area contributed by atoms with Gasteiger partial charge in [0.1, 0.15) is 12.4 Å². The number of hydrogen-bond donors (Lipinski definition) is 1. The molecule has 0 saturated heterocycles. The zero-order valence-corrected chi connectivity index (χ0v) is 24.7. The molecule has 0 amide bonds. The summed E-state index contributed by atoms with van der Waals surface area (Å²) < 4.78 is 2.57. The molecule has 0 aliphatic heterocycles. The van der Waals surface area contributed by atoms with Crippen molar-refractivity contribution in [3.8, 4) is 0 Å². The van der Waals surface area contributed by atoms with E-state index in [4.69, 9.17) is 0 Å². The predicted octanol–water partition coefficient (Wildman–Crippen LogP) is 11.4. The minimum atomic E-state index is 0.622. The molecule has 2 nitrogen and oxygen atoms in total. The number of unbranched alkanes of at least 4 members (excludes halogenated alkanes) is 19. The lowest BCUT2D eigenvalue weighted by Gasteiger charge is -2.16. The highest BCUT2D eigenvalue weighted by atomic mass is 15.1. The van der Waals surface area contributed by atoms with Crippen LogP contribution in [0.25, 0.3) is 0 Å². The Morgan fingerprint density at radius 3 is 1.40 bits per heavy atom. The Morgan fingerprint density at radius 1 is 0.571 bits per heavy atom. The number of hydrogen-bond acceptors (Lipinski definition) is 0. The highest BCUT2D eigenvalue weighted by molar-refractivity contribution is 4.89. The smallest absolute Gasteiger partial charge is 0.247 e. The maximum absolute atomic E-state index is 3.62. The first-order chi connectivity index (χ1) is 17.2. The zero-order valence-electron chi connectivity index (χ0n) is 24.7. The Balaban J connectivity index is 2.10. The van der Waals surface area contributed by atoms with Crippen molar-refractivity contribution in [2.75, 3.05) is 0 Å². The van der Waals surface area contributed by atoms with Gasteiger partial charge in [0.25, 0.3) is 5.82 Å². The van der Waals surface area contributed by atoms with Gasteiger partial charge in [-0.3, -0.25) is 0 Å². The average molecular weight is 490 g/mol. The van der Waals surface area contributed by atoms with Gasteiger partial charge in [-0.2, -0.15) is 0 Å². The number of nitrogens with one attached hydrogen (secondary N) is 1. The summed E-state index contributed by atoms with van der Waals surface area (Å²) in [5.41, 5.74) is 0. The third-order valence-electron chi connectivity index (χ3n) is 8.23. The normalized spacial score (nSPS) is 13.4. The van der Waals surface area contributed by atoms with Gasteiger partial charge in [0, 0.05) is 0 Å². The zero-order chi connectivity index (χ0) is 25.4. The fraction of sp³-hybridized carbons (Fsp3) is 0.909. The van der Waals surface area contributed by atoms with Crippen molar-refractivity contribution >= 4 is 0 Å². The topological polar surface area (TPSA) is 19.7 Å². The summed E-state index contributed by atoms with van der Waals surface area (Å²) in [6.07, 6.45) is 38.4. The van der Waals surface area contributed by atoms with Gasteiger partial charge in [-0.15, -0.1) is 0 Å². The number of nitrogens with zero attached hydrogens (tertiary/aromatic N) is 1. The first-order valence-electron chi connectivity index (χ1n) is 16.3. The highest BCUT2D eigenvalue weighted by Gasteiger charge is 2.24. The van der Waals surface area contributed by atoms with Gasteiger partial charge < -0.3 is 0 Å². The van der Waals surface area contributed by atoms with Crippen molar-refractivity contribution in [2.24, 2.45) is 0 Å². The Hall–Kier alpha value is -0.790. The molecule has 1 aromatic heterocycles. The van der Waals surface area contributed by atoms with Crippen LogP contribution in [-0.4, -0.2) is 4.98 Å². The van der Waals surface area contributed by atoms with Crippen molar-refractivity contribution in [1.82, 2.24) is 4.98 Å². The standard InChI is InChI=1S/C33H64N2/c1-5-8-10-12-14-15-16-17-18-19-20-22-23-25-27-31(4)35-30-29-34-33(35)32(7-3)28-26-24-21-13-11-9-6-2/h29-32H,5-28H2,1-4H3/p+1. The van der Waals surface area contributed by atoms with Gasteiger partial charge in [-0.05, 0) is 32.6 Å². The summed E-state index contributed by atoms with van der Waals surface area (Å²) >= 11 is 0. The van der Waals surface area contributed by atoms with Crippen molar-refractivity contribution in [3.05, 3.63) is 18.2 Å². The Labute approximate surface area is 221 Å². The van der Waals surface area contributed by atoms with Crippen LogP contribution in [0.3, 0.4) is 0 Å². The van der Waals surface area contributed by atoms with E-state index >= 15 is 0 Å². The van der Waals surface area contributed by atoms with Gasteiger partial charge in [-0.25, -0.2) is 9.55 Å². The minimum absolute atomic E-state index is 0.622. The molecule has 0 aliphatic carbocycles. The molecule has 0 aliphatic rings. The second-order valence-electron chi connectivity index (χ2n) is 11.5. The molecule has 35 heavy (non-hydrogen) atoms. The van der Waals surface area contributed by atoms with Gasteiger partial charge in [0.2, 0.25) is 0 Å². The van der Waals surface area contributed by atoms with E-state index in [1.165, 1.54) is 160 Å². The van der Waals surface area contributed by atoms with Crippen LogP contribution < -0.4 is 4.57 Å². The van der Waals surface area contributed by atoms with Crippen LogP contribution >= 0.6 is 0 Å². The molecular formula is C33H65N2+. The lowest BCUT2D eigenvalue weighted by atomic mass is 9.96. The van der Waals surface area contributed by atoms with Gasteiger partial charge in [0.05, 0.1) is 12.0 Å². The third-order valence-corrected chi connectivity index (χ3v) is 8.23. The van der Waals surface area contributed by atoms with E-state index in [1.807, 2.05) is 0 Å². The molecule has 1 rings (SSSR count). The quantitative estimate of drug-likeness (QED) is 0.0985. The van der Waals surface area contributed by atoms with E-state index < -0.39 is 0 Å². The Bertz CT molecular complexity index is 549. The predicted molar refractivity (Wildman–Crippen MR) is 156 cm³/mol. The molecule has 0 fully saturated rings. The second kappa shape index (κ2) is 23.6. The molecule has 1 heterocycles. The summed E-state index contributed by atoms with van der Waals surface area (Å²) in [6, 6.07) is 0.622. The highest BCUT2D eigenvalue weighted by Crippen LogP contribution is 2.24. The molecule has 0 spiro atoms. The van der Waals surface area contributed by atoms with Crippen LogP contribution in [0.4, 0.5) is 0 Å². The van der Waals surface area contributed by atoms with Crippen LogP contribution in [0.1, 0.15) is 200 Å². The number of rotatable bonds is 26. The van der Waals surface area contributed by atoms with Gasteiger partial charge >= 0.3 is 0 Å². The van der Waals surface area contributed by atoms with E-state index in [0.717, 1.165) is 0 Å². The van der Waals surface area contributed by atoms with Crippen LogP contribution in [0, 0.1) is 0 Å². The monoisotopic (exact) mass is 490 g/mol. The molecule has 1 N–H and O–H groups in total. The maximum atomic E-state index is 3.62. The van der Waals surface area contributed by atoms with Gasteiger partial charge in [-0.1, -0.05) is 149 Å². The van der Waals surface area contributed by atoms with E-state index in [0.29, 0.717) is 12.0 Å². The van der Waals surface area contributed by atoms with Crippen molar-refractivity contribution in [2.45, 2.75) is 194 Å². The first-order valence-corrected chi connectivity index (χ1v) is 16.3. The summed E-state index contributed by atoms with van der Waals surface area (Å²) in [4.78, 5) is 3.62.